The third-order valence-corrected chi connectivity index (χ3v) is 3.82. The highest BCUT2D eigenvalue weighted by molar-refractivity contribution is 9.10. The molecule has 0 aliphatic heterocycles. The van der Waals surface area contributed by atoms with Crippen LogP contribution in [0.25, 0.3) is 0 Å². The molecule has 0 heterocycles. The largest absolute Gasteiger partial charge is 0.454 e. The molecule has 0 bridgehead atoms. The first kappa shape index (κ1) is 9.18. The predicted octanol–water partition coefficient (Wildman–Crippen LogP) is 1.10. The summed E-state index contributed by atoms with van der Waals surface area (Å²) in [5, 5.41) is 1.18. The fourth-order valence-corrected chi connectivity index (χ4v) is 2.18. The quantitative estimate of drug-likeness (QED) is 0.706. The van der Waals surface area contributed by atoms with Gasteiger partial charge >= 0.3 is 0 Å². The van der Waals surface area contributed by atoms with Crippen LogP contribution in [-0.2, 0) is 4.12 Å². The summed E-state index contributed by atoms with van der Waals surface area (Å²) in [6.45, 7) is 2.06. The SMILES string of the molecule is Cc1cccc([Si]O[Si])c1Br. The van der Waals surface area contributed by atoms with Gasteiger partial charge in [0.15, 0.2) is 0 Å². The molecule has 0 unspecified atom stereocenters. The van der Waals surface area contributed by atoms with Gasteiger partial charge in [0.1, 0.15) is 0 Å². The van der Waals surface area contributed by atoms with Crippen LogP contribution in [0.15, 0.2) is 22.7 Å². The minimum absolute atomic E-state index is 0.349. The zero-order chi connectivity index (χ0) is 8.27. The highest BCUT2D eigenvalue weighted by atomic mass is 79.9. The van der Waals surface area contributed by atoms with Crippen molar-refractivity contribution in [3.8, 4) is 0 Å². The van der Waals surface area contributed by atoms with Crippen LogP contribution in [0.1, 0.15) is 5.56 Å². The lowest BCUT2D eigenvalue weighted by Crippen LogP contribution is -2.18. The van der Waals surface area contributed by atoms with Crippen molar-refractivity contribution >= 4 is 41.4 Å². The van der Waals surface area contributed by atoms with E-state index in [2.05, 4.69) is 39.4 Å². The Balaban J connectivity index is 2.96. The van der Waals surface area contributed by atoms with Gasteiger partial charge in [-0.15, -0.1) is 0 Å². The molecule has 0 aliphatic rings. The van der Waals surface area contributed by atoms with Gasteiger partial charge in [-0.1, -0.05) is 34.1 Å². The van der Waals surface area contributed by atoms with Gasteiger partial charge in [-0.3, -0.25) is 0 Å². The Morgan fingerprint density at radius 3 is 2.91 bits per heavy atom. The predicted molar refractivity (Wildman–Crippen MR) is 51.1 cm³/mol. The van der Waals surface area contributed by atoms with Crippen molar-refractivity contribution in [2.45, 2.75) is 6.92 Å². The Bertz CT molecular complexity index is 252. The molecular formula is C7H6BrOSi2. The maximum atomic E-state index is 4.87. The number of benzene rings is 1. The van der Waals surface area contributed by atoms with Gasteiger partial charge in [-0.05, 0) is 17.7 Å². The van der Waals surface area contributed by atoms with Crippen LogP contribution in [-0.4, -0.2) is 20.2 Å². The zero-order valence-corrected chi connectivity index (χ0v) is 9.60. The second-order valence-electron chi connectivity index (χ2n) is 2.14. The van der Waals surface area contributed by atoms with E-state index in [0.717, 1.165) is 4.47 Å². The summed E-state index contributed by atoms with van der Waals surface area (Å²) < 4.78 is 6.00. The summed E-state index contributed by atoms with van der Waals surface area (Å²) in [6, 6.07) is 6.12. The minimum atomic E-state index is 0.349. The van der Waals surface area contributed by atoms with E-state index in [4.69, 9.17) is 4.12 Å². The molecule has 1 rings (SSSR count). The maximum absolute atomic E-state index is 4.87. The molecule has 0 amide bonds. The van der Waals surface area contributed by atoms with Crippen LogP contribution in [0.3, 0.4) is 0 Å². The average Bonchev–Trinajstić information content (AvgIpc) is 1.99. The molecule has 1 aromatic carbocycles. The first-order chi connectivity index (χ1) is 5.25. The molecule has 0 atom stereocenters. The lowest BCUT2D eigenvalue weighted by Gasteiger charge is -2.03. The molecule has 0 spiro atoms. The van der Waals surface area contributed by atoms with E-state index in [1.54, 1.807) is 0 Å². The number of aryl methyl sites for hydroxylation is 1. The van der Waals surface area contributed by atoms with Crippen LogP contribution in [0.5, 0.6) is 0 Å². The highest BCUT2D eigenvalue weighted by Crippen LogP contribution is 2.11. The Labute approximate surface area is 80.8 Å². The monoisotopic (exact) mass is 241 g/mol. The summed E-state index contributed by atoms with van der Waals surface area (Å²) in [6.07, 6.45) is 0. The smallest absolute Gasteiger partial charge is 0.257 e. The van der Waals surface area contributed by atoms with Crippen molar-refractivity contribution in [3.05, 3.63) is 28.2 Å². The van der Waals surface area contributed by atoms with Gasteiger partial charge in [0.2, 0.25) is 10.5 Å². The van der Waals surface area contributed by atoms with E-state index in [-0.39, 0.29) is 0 Å². The Hall–Kier alpha value is 0.0938. The van der Waals surface area contributed by atoms with Crippen LogP contribution >= 0.6 is 15.9 Å². The summed E-state index contributed by atoms with van der Waals surface area (Å²) in [5.74, 6) is 0. The van der Waals surface area contributed by atoms with Crippen LogP contribution in [0.4, 0.5) is 0 Å². The minimum Gasteiger partial charge on any atom is -0.454 e. The van der Waals surface area contributed by atoms with Crippen molar-refractivity contribution in [2.75, 3.05) is 0 Å². The van der Waals surface area contributed by atoms with E-state index >= 15 is 0 Å². The second kappa shape index (κ2) is 4.20. The van der Waals surface area contributed by atoms with E-state index in [0.29, 0.717) is 9.76 Å². The normalized spacial score (nSPS) is 10.1. The van der Waals surface area contributed by atoms with E-state index in [1.165, 1.54) is 10.8 Å². The number of rotatable bonds is 2. The Morgan fingerprint density at radius 2 is 2.27 bits per heavy atom. The number of halogens is 1. The maximum Gasteiger partial charge on any atom is 0.257 e. The second-order valence-corrected chi connectivity index (χ2v) is 4.49. The molecule has 0 fully saturated rings. The Kier molecular flexibility index (Phi) is 3.51. The molecular weight excluding hydrogens is 236 g/mol. The van der Waals surface area contributed by atoms with Gasteiger partial charge in [-0.2, -0.15) is 0 Å². The van der Waals surface area contributed by atoms with E-state index in [9.17, 15) is 0 Å². The van der Waals surface area contributed by atoms with Crippen LogP contribution < -0.4 is 5.19 Å². The van der Waals surface area contributed by atoms with E-state index in [1.807, 2.05) is 12.1 Å². The van der Waals surface area contributed by atoms with Gasteiger partial charge in [0, 0.05) is 4.47 Å². The standard InChI is InChI=1S/C7H6BrOSi2/c1-5-3-2-4-6(7(5)8)11-9-10/h2-4H,1H3. The molecule has 0 aliphatic carbocycles. The van der Waals surface area contributed by atoms with Crippen LogP contribution in [0.2, 0.25) is 0 Å². The van der Waals surface area contributed by atoms with Crippen LogP contribution in [0, 0.1) is 6.92 Å². The molecule has 11 heavy (non-hydrogen) atoms. The summed E-state index contributed by atoms with van der Waals surface area (Å²) in [5.41, 5.74) is 1.23. The van der Waals surface area contributed by atoms with Gasteiger partial charge in [-0.25, -0.2) is 0 Å². The number of hydrogen-bond donors (Lipinski definition) is 0. The van der Waals surface area contributed by atoms with Crippen molar-refractivity contribution in [1.82, 2.24) is 0 Å². The average molecular weight is 242 g/mol. The molecule has 0 N–H and O–H groups in total. The topological polar surface area (TPSA) is 9.23 Å². The summed E-state index contributed by atoms with van der Waals surface area (Å²) in [7, 11) is 3.33. The highest BCUT2D eigenvalue weighted by Gasteiger charge is 2.01. The molecule has 0 saturated heterocycles. The van der Waals surface area contributed by atoms with Crippen molar-refractivity contribution in [3.63, 3.8) is 0 Å². The first-order valence-corrected chi connectivity index (χ1v) is 5.20. The lowest BCUT2D eigenvalue weighted by molar-refractivity contribution is 0.676. The molecule has 0 saturated carbocycles. The zero-order valence-electron chi connectivity index (χ0n) is 6.02. The third-order valence-electron chi connectivity index (χ3n) is 1.35. The van der Waals surface area contributed by atoms with Gasteiger partial charge in [0.25, 0.3) is 9.76 Å². The molecule has 4 heteroatoms. The van der Waals surface area contributed by atoms with Crippen molar-refractivity contribution in [2.24, 2.45) is 0 Å². The van der Waals surface area contributed by atoms with Gasteiger partial charge in [0.05, 0.1) is 0 Å². The summed E-state index contributed by atoms with van der Waals surface area (Å²) >= 11 is 3.49. The fraction of sp³-hybridized carbons (Fsp3) is 0.143. The lowest BCUT2D eigenvalue weighted by atomic mass is 10.2. The number of hydrogen-bond acceptors (Lipinski definition) is 1. The molecule has 1 aromatic rings. The third kappa shape index (κ3) is 2.26. The molecule has 0 aromatic heterocycles. The molecule has 5 radical (unpaired) electrons. The molecule has 55 valence electrons. The fourth-order valence-electron chi connectivity index (χ4n) is 0.781. The van der Waals surface area contributed by atoms with Crippen molar-refractivity contribution < 1.29 is 4.12 Å². The Morgan fingerprint density at radius 1 is 1.55 bits per heavy atom. The van der Waals surface area contributed by atoms with Crippen molar-refractivity contribution in [1.29, 1.82) is 0 Å². The van der Waals surface area contributed by atoms with Gasteiger partial charge < -0.3 is 4.12 Å². The first-order valence-electron chi connectivity index (χ1n) is 3.09. The molecule has 1 nitrogen and oxygen atoms in total. The van der Waals surface area contributed by atoms with E-state index < -0.39 is 0 Å². The summed E-state index contributed by atoms with van der Waals surface area (Å²) in [4.78, 5) is 0.